The number of nitrogens with zero attached hydrogens (tertiary/aromatic N) is 5. The summed E-state index contributed by atoms with van der Waals surface area (Å²) in [5.41, 5.74) is 6.30. The van der Waals surface area contributed by atoms with Crippen LogP contribution in [0.3, 0.4) is 0 Å². The number of rotatable bonds is 6. The van der Waals surface area contributed by atoms with E-state index in [1.165, 1.54) is 28.9 Å². The summed E-state index contributed by atoms with van der Waals surface area (Å²) in [4.78, 5) is 44.7. The van der Waals surface area contributed by atoms with E-state index in [4.69, 9.17) is 5.73 Å². The van der Waals surface area contributed by atoms with Crippen molar-refractivity contribution in [2.75, 3.05) is 17.7 Å². The van der Waals surface area contributed by atoms with E-state index in [9.17, 15) is 27.6 Å². The molecule has 0 spiro atoms. The molecule has 2 aromatic rings. The third-order valence-electron chi connectivity index (χ3n) is 6.09. The largest absolute Gasteiger partial charge is 0.408 e. The van der Waals surface area contributed by atoms with Gasteiger partial charge in [-0.1, -0.05) is 0 Å². The zero-order valence-corrected chi connectivity index (χ0v) is 18.5. The number of anilines is 2. The van der Waals surface area contributed by atoms with Crippen molar-refractivity contribution in [2.45, 2.75) is 37.5 Å². The van der Waals surface area contributed by atoms with Crippen LogP contribution in [0, 0.1) is 11.8 Å². The maximum absolute atomic E-state index is 13.4. The molecular weight excluding hydrogens is 455 g/mol. The van der Waals surface area contributed by atoms with Gasteiger partial charge in [-0.2, -0.15) is 18.3 Å². The Bertz CT molecular complexity index is 1120. The van der Waals surface area contributed by atoms with Crippen LogP contribution in [0.2, 0.25) is 0 Å². The quantitative estimate of drug-likeness (QED) is 0.605. The Kier molecular flexibility index (Phi) is 5.96. The number of aryl methyl sites for hydroxylation is 1. The van der Waals surface area contributed by atoms with Crippen molar-refractivity contribution in [3.8, 4) is 0 Å². The first-order chi connectivity index (χ1) is 16.0. The molecule has 3 atom stereocenters. The molecule has 2 aliphatic rings. The lowest BCUT2D eigenvalue weighted by Gasteiger charge is -2.45. The van der Waals surface area contributed by atoms with E-state index in [0.29, 0.717) is 23.3 Å². The minimum Gasteiger partial charge on any atom is -0.384 e. The van der Waals surface area contributed by atoms with Crippen molar-refractivity contribution < 1.29 is 27.6 Å². The number of likely N-dealkylation sites (N-methyl/N-ethyl adjacent to an activating group) is 1. The minimum absolute atomic E-state index is 0.0626. The SMILES string of the molecule is CN(C(=O)[C@@H]1[C@@H](Cc2ccnc(N)c2)C(=O)N1C(=O)N[C@@H](C1CC1)C(F)(F)F)c1ccn(C)n1. The van der Waals surface area contributed by atoms with Crippen LogP contribution in [0.1, 0.15) is 18.4 Å². The molecule has 182 valence electrons. The Balaban J connectivity index is 1.59. The van der Waals surface area contributed by atoms with Crippen LogP contribution in [0.15, 0.2) is 30.6 Å². The highest BCUT2D eigenvalue weighted by molar-refractivity contribution is 6.12. The zero-order valence-electron chi connectivity index (χ0n) is 18.5. The van der Waals surface area contributed by atoms with E-state index >= 15 is 0 Å². The molecule has 0 unspecified atom stereocenters. The molecule has 34 heavy (non-hydrogen) atoms. The van der Waals surface area contributed by atoms with Crippen molar-refractivity contribution in [3.05, 3.63) is 36.2 Å². The van der Waals surface area contributed by atoms with Crippen LogP contribution in [0.4, 0.5) is 29.6 Å². The molecule has 2 aromatic heterocycles. The van der Waals surface area contributed by atoms with E-state index in [-0.39, 0.29) is 18.1 Å². The Labute approximate surface area is 192 Å². The molecule has 1 saturated carbocycles. The second-order valence-electron chi connectivity index (χ2n) is 8.60. The van der Waals surface area contributed by atoms with Crippen LogP contribution < -0.4 is 16.0 Å². The highest BCUT2D eigenvalue weighted by Crippen LogP contribution is 2.41. The Morgan fingerprint density at radius 3 is 2.59 bits per heavy atom. The van der Waals surface area contributed by atoms with Crippen molar-refractivity contribution in [1.29, 1.82) is 0 Å². The number of hydrogen-bond acceptors (Lipinski definition) is 6. The van der Waals surface area contributed by atoms with Crippen LogP contribution >= 0.6 is 0 Å². The number of carbonyl (C=O) groups excluding carboxylic acids is 3. The minimum atomic E-state index is -4.66. The van der Waals surface area contributed by atoms with Gasteiger partial charge in [-0.3, -0.25) is 24.1 Å². The van der Waals surface area contributed by atoms with Gasteiger partial charge in [-0.25, -0.2) is 9.78 Å². The Morgan fingerprint density at radius 1 is 1.32 bits per heavy atom. The molecule has 3 heterocycles. The smallest absolute Gasteiger partial charge is 0.384 e. The van der Waals surface area contributed by atoms with Gasteiger partial charge in [-0.05, 0) is 42.9 Å². The van der Waals surface area contributed by atoms with Gasteiger partial charge in [0, 0.05) is 32.6 Å². The van der Waals surface area contributed by atoms with E-state index in [1.807, 2.05) is 5.32 Å². The van der Waals surface area contributed by atoms with Gasteiger partial charge in [0.25, 0.3) is 5.91 Å². The Morgan fingerprint density at radius 2 is 2.03 bits per heavy atom. The molecule has 2 fully saturated rings. The number of urea groups is 1. The van der Waals surface area contributed by atoms with Gasteiger partial charge in [0.2, 0.25) is 5.91 Å². The van der Waals surface area contributed by atoms with E-state index in [1.54, 1.807) is 25.4 Å². The summed E-state index contributed by atoms with van der Waals surface area (Å²) < 4.78 is 41.8. The lowest BCUT2D eigenvalue weighted by atomic mass is 9.81. The first kappa shape index (κ1) is 23.5. The molecule has 0 aromatic carbocycles. The summed E-state index contributed by atoms with van der Waals surface area (Å²) in [7, 11) is 3.08. The second-order valence-corrected chi connectivity index (χ2v) is 8.60. The third-order valence-corrected chi connectivity index (χ3v) is 6.09. The number of halogens is 3. The molecule has 10 nitrogen and oxygen atoms in total. The number of imide groups is 1. The lowest BCUT2D eigenvalue weighted by Crippen LogP contribution is -2.71. The van der Waals surface area contributed by atoms with Crippen LogP contribution in [-0.2, 0) is 23.1 Å². The van der Waals surface area contributed by atoms with Crippen LogP contribution in [-0.4, -0.2) is 62.8 Å². The zero-order chi connectivity index (χ0) is 24.8. The average molecular weight is 479 g/mol. The summed E-state index contributed by atoms with van der Waals surface area (Å²) >= 11 is 0. The third kappa shape index (κ3) is 4.54. The number of likely N-dealkylation sites (tertiary alicyclic amines) is 1. The predicted octanol–water partition coefficient (Wildman–Crippen LogP) is 1.48. The maximum atomic E-state index is 13.4. The number of aromatic nitrogens is 3. The molecule has 13 heteroatoms. The summed E-state index contributed by atoms with van der Waals surface area (Å²) in [6.07, 6.45) is -0.893. The van der Waals surface area contributed by atoms with Gasteiger partial charge in [0.05, 0.1) is 5.92 Å². The number of nitrogens with two attached hydrogens (primary N) is 1. The first-order valence-corrected chi connectivity index (χ1v) is 10.6. The number of hydrogen-bond donors (Lipinski definition) is 2. The van der Waals surface area contributed by atoms with Crippen LogP contribution in [0.25, 0.3) is 0 Å². The fourth-order valence-corrected chi connectivity index (χ4v) is 4.12. The predicted molar refractivity (Wildman–Crippen MR) is 114 cm³/mol. The molecule has 0 bridgehead atoms. The monoisotopic (exact) mass is 479 g/mol. The topological polar surface area (TPSA) is 126 Å². The van der Waals surface area contributed by atoms with Crippen molar-refractivity contribution in [3.63, 3.8) is 0 Å². The number of amides is 4. The summed E-state index contributed by atoms with van der Waals surface area (Å²) in [5.74, 6) is -2.60. The molecule has 1 aliphatic heterocycles. The van der Waals surface area contributed by atoms with E-state index in [0.717, 1.165) is 0 Å². The van der Waals surface area contributed by atoms with Crippen molar-refractivity contribution in [1.82, 2.24) is 25.0 Å². The molecule has 1 aliphatic carbocycles. The van der Waals surface area contributed by atoms with Crippen molar-refractivity contribution in [2.24, 2.45) is 18.9 Å². The second kappa shape index (κ2) is 8.61. The first-order valence-electron chi connectivity index (χ1n) is 10.6. The number of nitrogens with one attached hydrogen (secondary N) is 1. The molecular formula is C21H24F3N7O3. The number of carbonyl (C=O) groups is 3. The summed E-state index contributed by atoms with van der Waals surface area (Å²) in [6, 6.07) is 0.0972. The normalized spacial score (nSPS) is 21.1. The van der Waals surface area contributed by atoms with Gasteiger partial charge in [0.15, 0.2) is 5.82 Å². The molecule has 4 rings (SSSR count). The number of β-lactam (4-membered cyclic amide) rings is 1. The molecule has 1 saturated heterocycles. The van der Waals surface area contributed by atoms with Gasteiger partial charge in [-0.15, -0.1) is 0 Å². The van der Waals surface area contributed by atoms with Crippen molar-refractivity contribution >= 4 is 29.5 Å². The molecule has 3 N–H and O–H groups in total. The van der Waals surface area contributed by atoms with Crippen LogP contribution in [0.5, 0.6) is 0 Å². The highest BCUT2D eigenvalue weighted by Gasteiger charge is 2.57. The van der Waals surface area contributed by atoms with E-state index < -0.39 is 47.9 Å². The van der Waals surface area contributed by atoms with Gasteiger partial charge >= 0.3 is 12.2 Å². The summed E-state index contributed by atoms with van der Waals surface area (Å²) in [6.45, 7) is 0. The fourth-order valence-electron chi connectivity index (χ4n) is 4.12. The summed E-state index contributed by atoms with van der Waals surface area (Å²) in [5, 5.41) is 6.07. The standard InChI is InChI=1S/C21H24F3N7O3/c1-29-8-6-15(28-29)30(2)19(33)16-13(9-11-5-7-26-14(25)10-11)18(32)31(16)20(34)27-17(12-3-4-12)21(22,23)24/h5-8,10,12-13,16-17H,3-4,9H2,1-2H3,(H2,25,26)(H,27,34)/t13-,16+,17+/m1/s1. The maximum Gasteiger partial charge on any atom is 0.408 e. The fraction of sp³-hybridized carbons (Fsp3) is 0.476. The van der Waals surface area contributed by atoms with Gasteiger partial charge < -0.3 is 11.1 Å². The highest BCUT2D eigenvalue weighted by atomic mass is 19.4. The average Bonchev–Trinajstić information content (AvgIpc) is 3.51. The van der Waals surface area contributed by atoms with E-state index in [2.05, 4.69) is 10.1 Å². The number of nitrogen functional groups attached to an aromatic ring is 1. The lowest BCUT2D eigenvalue weighted by molar-refractivity contribution is -0.163. The number of alkyl halides is 3. The Hall–Kier alpha value is -3.64. The molecule has 4 amide bonds. The number of pyridine rings is 1. The van der Waals surface area contributed by atoms with Gasteiger partial charge in [0.1, 0.15) is 17.9 Å². The molecule has 0 radical (unpaired) electrons.